The van der Waals surface area contributed by atoms with E-state index in [1.807, 2.05) is 10.9 Å². The molecule has 3 aliphatic heterocycles. The van der Waals surface area contributed by atoms with Gasteiger partial charge in [-0.05, 0) is 59.0 Å². The number of hydrogen-bond donors (Lipinski definition) is 2. The van der Waals surface area contributed by atoms with Crippen molar-refractivity contribution in [2.75, 3.05) is 43.9 Å². The first-order valence-electron chi connectivity index (χ1n) is 16.0. The number of aliphatic hydroxyl groups is 1. The average molecular weight is 641 g/mol. The number of likely N-dealkylation sites (N-methyl/N-ethyl adjacent to an activating group) is 1. The molecule has 5 atom stereocenters. The van der Waals surface area contributed by atoms with Crippen molar-refractivity contribution in [3.63, 3.8) is 0 Å². The van der Waals surface area contributed by atoms with Gasteiger partial charge < -0.3 is 29.9 Å². The number of hydrogen-bond acceptors (Lipinski definition) is 13. The van der Waals surface area contributed by atoms with E-state index in [0.29, 0.717) is 71.5 Å². The first-order valence-corrected chi connectivity index (χ1v) is 16.8. The summed E-state index contributed by atoms with van der Waals surface area (Å²) in [7, 11) is 2.15. The van der Waals surface area contributed by atoms with Crippen LogP contribution in [0.3, 0.4) is 0 Å². The first kappa shape index (κ1) is 29.3. The molecule has 2 fully saturated rings. The van der Waals surface area contributed by atoms with Gasteiger partial charge in [-0.15, -0.1) is 11.3 Å². The molecule has 0 aromatic carbocycles. The Hall–Kier alpha value is -4.08. The summed E-state index contributed by atoms with van der Waals surface area (Å²) >= 11 is 1.48. The molecule has 8 rings (SSSR count). The van der Waals surface area contributed by atoms with E-state index >= 15 is 0 Å². The lowest BCUT2D eigenvalue weighted by molar-refractivity contribution is 0.0459. The summed E-state index contributed by atoms with van der Waals surface area (Å²) in [4.78, 5) is 15.7. The maximum atomic E-state index is 10.5. The number of piperidine rings is 1. The van der Waals surface area contributed by atoms with Crippen molar-refractivity contribution in [1.82, 2.24) is 29.8 Å². The third-order valence-electron chi connectivity index (χ3n) is 10.6. The second kappa shape index (κ2) is 11.0. The number of likely N-dealkylation sites (tertiary alicyclic amines) is 1. The normalized spacial score (nSPS) is 27.0. The maximum absolute atomic E-state index is 10.5. The highest BCUT2D eigenvalue weighted by molar-refractivity contribution is 7.16. The summed E-state index contributed by atoms with van der Waals surface area (Å²) in [5, 5.41) is 41.1. The van der Waals surface area contributed by atoms with Gasteiger partial charge in [0.1, 0.15) is 16.9 Å². The van der Waals surface area contributed by atoms with Crippen LogP contribution in [-0.2, 0) is 23.2 Å². The van der Waals surface area contributed by atoms with Crippen molar-refractivity contribution in [1.29, 1.82) is 10.5 Å². The molecule has 0 radical (unpaired) electrons. The average Bonchev–Trinajstić information content (AvgIpc) is 3.86. The summed E-state index contributed by atoms with van der Waals surface area (Å²) < 4.78 is 14.5. The number of rotatable bonds is 4. The summed E-state index contributed by atoms with van der Waals surface area (Å²) in [5.74, 6) is 1.20. The molecule has 0 amide bonds. The Morgan fingerprint density at radius 3 is 2.87 bits per heavy atom. The smallest absolute Gasteiger partial charge is 0.186 e. The second-order valence-corrected chi connectivity index (χ2v) is 14.3. The van der Waals surface area contributed by atoms with Gasteiger partial charge in [-0.3, -0.25) is 0 Å². The highest BCUT2D eigenvalue weighted by Crippen LogP contribution is 2.52. The Bertz CT molecular complexity index is 1910. The van der Waals surface area contributed by atoms with Gasteiger partial charge in [-0.25, -0.2) is 14.6 Å². The van der Waals surface area contributed by atoms with Crippen LogP contribution in [0.1, 0.15) is 72.4 Å². The van der Waals surface area contributed by atoms with Gasteiger partial charge in [0, 0.05) is 29.6 Å². The Labute approximate surface area is 270 Å². The quantitative estimate of drug-likeness (QED) is 0.332. The van der Waals surface area contributed by atoms with E-state index in [4.69, 9.17) is 30.1 Å². The number of ether oxygens (including phenoxy) is 1. The first-order chi connectivity index (χ1) is 22.3. The molecular weight excluding hydrogens is 604 g/mol. The summed E-state index contributed by atoms with van der Waals surface area (Å²) in [6, 6.07) is 4.99. The lowest BCUT2D eigenvalue weighted by Crippen LogP contribution is -2.43. The molecule has 2 saturated heterocycles. The van der Waals surface area contributed by atoms with Crippen LogP contribution < -0.4 is 10.6 Å². The van der Waals surface area contributed by atoms with E-state index in [2.05, 4.69) is 41.1 Å². The summed E-state index contributed by atoms with van der Waals surface area (Å²) in [6.45, 7) is 4.76. The number of aromatic nitrogens is 5. The molecule has 238 valence electrons. The van der Waals surface area contributed by atoms with Crippen molar-refractivity contribution < 1.29 is 14.4 Å². The Kier molecular flexibility index (Phi) is 7.03. The molecule has 0 bridgehead atoms. The number of nitrogen functional groups attached to an aromatic ring is 1. The maximum Gasteiger partial charge on any atom is 0.186 e. The number of nitrogens with two attached hydrogens (primary N) is 1. The van der Waals surface area contributed by atoms with E-state index in [9.17, 15) is 15.6 Å². The van der Waals surface area contributed by atoms with Crippen LogP contribution in [0.15, 0.2) is 10.7 Å². The zero-order valence-corrected chi connectivity index (χ0v) is 26.8. The minimum absolute atomic E-state index is 0.0579. The van der Waals surface area contributed by atoms with Crippen molar-refractivity contribution in [2.24, 2.45) is 5.92 Å². The molecule has 4 aromatic rings. The van der Waals surface area contributed by atoms with Crippen LogP contribution in [0, 0.1) is 28.6 Å². The van der Waals surface area contributed by atoms with Crippen LogP contribution in [0.2, 0.25) is 0 Å². The molecule has 46 heavy (non-hydrogen) atoms. The third-order valence-corrected chi connectivity index (χ3v) is 11.7. The molecule has 14 heteroatoms. The van der Waals surface area contributed by atoms with Gasteiger partial charge in [0.15, 0.2) is 22.9 Å². The van der Waals surface area contributed by atoms with E-state index in [1.165, 1.54) is 11.3 Å². The van der Waals surface area contributed by atoms with Gasteiger partial charge >= 0.3 is 0 Å². The Morgan fingerprint density at radius 2 is 2.09 bits per heavy atom. The molecule has 13 nitrogen and oxygen atoms in total. The molecule has 4 aliphatic rings. The SMILES string of the molecule is CC(C1CCCN1C)n1ncc2c(N3CCC(O)C(C#N)C3)nc(-c3noc4c3COCC43CCCc4sc(N)c(C#N)c43)nc21. The van der Waals surface area contributed by atoms with Gasteiger partial charge in [0.25, 0.3) is 0 Å². The lowest BCUT2D eigenvalue weighted by atomic mass is 9.68. The minimum atomic E-state index is -0.681. The fourth-order valence-corrected chi connectivity index (χ4v) is 9.41. The Morgan fingerprint density at radius 1 is 1.22 bits per heavy atom. The van der Waals surface area contributed by atoms with Gasteiger partial charge in [-0.1, -0.05) is 5.16 Å². The summed E-state index contributed by atoms with van der Waals surface area (Å²) in [5.41, 5.74) is 9.04. The van der Waals surface area contributed by atoms with Crippen LogP contribution in [0.4, 0.5) is 10.8 Å². The van der Waals surface area contributed by atoms with E-state index in [0.717, 1.165) is 60.0 Å². The molecule has 4 aromatic heterocycles. The van der Waals surface area contributed by atoms with Crippen molar-refractivity contribution in [3.8, 4) is 23.7 Å². The van der Waals surface area contributed by atoms with Gasteiger partial charge in [0.2, 0.25) is 0 Å². The van der Waals surface area contributed by atoms with Gasteiger partial charge in [-0.2, -0.15) is 15.6 Å². The third kappa shape index (κ3) is 4.28. The van der Waals surface area contributed by atoms with Crippen LogP contribution in [-0.4, -0.2) is 80.3 Å². The molecule has 5 unspecified atom stereocenters. The molecule has 0 saturated carbocycles. The largest absolute Gasteiger partial charge is 0.392 e. The predicted octanol–water partition coefficient (Wildman–Crippen LogP) is 3.52. The topological polar surface area (TPSA) is 179 Å². The van der Waals surface area contributed by atoms with Crippen LogP contribution in [0.25, 0.3) is 22.6 Å². The number of anilines is 2. The Balaban J connectivity index is 1.29. The molecule has 7 heterocycles. The number of aryl methyl sites for hydroxylation is 1. The zero-order chi connectivity index (χ0) is 31.7. The molecule has 1 spiro atoms. The number of nitriles is 2. The fourth-order valence-electron chi connectivity index (χ4n) is 8.25. The van der Waals surface area contributed by atoms with Crippen molar-refractivity contribution in [3.05, 3.63) is 33.5 Å². The monoisotopic (exact) mass is 640 g/mol. The number of nitrogens with zero attached hydrogens (tertiary/aromatic N) is 9. The summed E-state index contributed by atoms with van der Waals surface area (Å²) in [6.07, 6.45) is 6.34. The zero-order valence-electron chi connectivity index (χ0n) is 25.9. The number of fused-ring (bicyclic) bond motifs is 5. The van der Waals surface area contributed by atoms with E-state index in [1.54, 1.807) is 0 Å². The lowest BCUT2D eigenvalue weighted by Gasteiger charge is -2.38. The van der Waals surface area contributed by atoms with Gasteiger partial charge in [0.05, 0.1) is 65.5 Å². The van der Waals surface area contributed by atoms with E-state index in [-0.39, 0.29) is 12.6 Å². The number of aliphatic hydroxyl groups excluding tert-OH is 1. The predicted molar refractivity (Wildman–Crippen MR) is 170 cm³/mol. The highest BCUT2D eigenvalue weighted by Gasteiger charge is 2.50. The minimum Gasteiger partial charge on any atom is -0.392 e. The van der Waals surface area contributed by atoms with Crippen molar-refractivity contribution in [2.45, 2.75) is 75.7 Å². The second-order valence-electron chi connectivity index (χ2n) is 13.2. The van der Waals surface area contributed by atoms with E-state index < -0.39 is 17.4 Å². The van der Waals surface area contributed by atoms with Crippen LogP contribution in [0.5, 0.6) is 0 Å². The standard InChI is InChI=1S/C32H36N10O3S/c1-17(22-5-4-9-40(22)2)42-31-20(13-36-42)30(41-10-7-23(43)18(11-33)14-41)37-29(38-31)26-21-15-44-16-32(27(21)45-39-26)8-3-6-24-25(32)19(12-34)28(35)46-24/h13,17-18,22-23,43H,3-10,14-16,35H2,1-2H3. The molecule has 1 aliphatic carbocycles. The molecular formula is C32H36N10O3S. The fraction of sp³-hybridized carbons (Fsp3) is 0.562. The van der Waals surface area contributed by atoms with Crippen LogP contribution >= 0.6 is 11.3 Å². The highest BCUT2D eigenvalue weighted by atomic mass is 32.1. The van der Waals surface area contributed by atoms with Crippen molar-refractivity contribution >= 4 is 33.2 Å². The molecule has 3 N–H and O–H groups in total. The number of thiophene rings is 1.